The zero-order valence-electron chi connectivity index (χ0n) is 50.1. The first-order valence-electron chi connectivity index (χ1n) is 29.5. The largest absolute Gasteiger partial charge is 0.481 e. The number of thioether (sulfide) groups is 1. The SMILES string of the molecule is CC[C@@H](CCC(=O)NC[C@H](O)[C@@H](O)[C@H](O)[C@H](O)CO)C(=O)N[C@@H](CCC(=O)O)C(=O)C[C@@H](CCC(=O)NC[C@H](O)[C@@H](O)[C@H](O)[C@H](O)CO)C(=O)N[C@@H](CCC(=O)O)C(=O)C[C@@H](CNC(=O)CCSCC1c2ccccc2-c2ccccc21)C(=O)N[C@@H](CS)C(=O)O. The highest BCUT2D eigenvalue weighted by molar-refractivity contribution is 7.99. The monoisotopic (exact) mass is 1330 g/mol. The van der Waals surface area contributed by atoms with Crippen LogP contribution in [0.1, 0.15) is 101 Å². The molecule has 91 heavy (non-hydrogen) atoms. The molecule has 0 heterocycles. The van der Waals surface area contributed by atoms with Crippen LogP contribution in [-0.4, -0.2) is 248 Å². The lowest BCUT2D eigenvalue weighted by Crippen LogP contribution is -2.50. The Morgan fingerprint density at radius 1 is 0.484 bits per heavy atom. The third-order valence-corrected chi connectivity index (χ3v) is 16.8. The topological polar surface area (TPSA) is 523 Å². The van der Waals surface area contributed by atoms with Gasteiger partial charge >= 0.3 is 17.9 Å². The Hall–Kier alpha value is -6.69. The normalized spacial score (nSPS) is 16.6. The average Bonchev–Trinajstić information content (AvgIpc) is 1.62. The van der Waals surface area contributed by atoms with Gasteiger partial charge in [0, 0.05) is 99.6 Å². The first kappa shape index (κ1) is 78.6. The Kier molecular flexibility index (Phi) is 34.8. The minimum Gasteiger partial charge on any atom is -0.481 e. The van der Waals surface area contributed by atoms with Gasteiger partial charge in [0.15, 0.2) is 11.6 Å². The second-order valence-corrected chi connectivity index (χ2v) is 23.6. The number of carboxylic acids is 3. The summed E-state index contributed by atoms with van der Waals surface area (Å²) in [7, 11) is 0. The molecule has 508 valence electrons. The van der Waals surface area contributed by atoms with E-state index >= 15 is 0 Å². The number of Topliss-reactive ketones (excluding diaryl/α,β-unsaturated/α-hetero) is 2. The van der Waals surface area contributed by atoms with Crippen molar-refractivity contribution < 1.29 is 119 Å². The molecule has 3 rings (SSSR count). The number of carbonyl (C=O) groups is 11. The summed E-state index contributed by atoms with van der Waals surface area (Å²) in [5.74, 6) is -15.5. The van der Waals surface area contributed by atoms with Crippen molar-refractivity contribution in [3.63, 3.8) is 0 Å². The van der Waals surface area contributed by atoms with Crippen LogP contribution in [0.5, 0.6) is 0 Å². The number of rotatable bonds is 46. The number of carboxylic acid groups (broad SMARTS) is 3. The number of benzene rings is 2. The lowest BCUT2D eigenvalue weighted by Gasteiger charge is -2.26. The number of hydrogen-bond acceptors (Lipinski definition) is 23. The van der Waals surface area contributed by atoms with Gasteiger partial charge in [-0.3, -0.25) is 47.9 Å². The van der Waals surface area contributed by atoms with E-state index in [-0.39, 0.29) is 25.2 Å². The van der Waals surface area contributed by atoms with Crippen LogP contribution < -0.4 is 31.9 Å². The van der Waals surface area contributed by atoms with Crippen LogP contribution in [0.3, 0.4) is 0 Å². The average molecular weight is 1330 g/mol. The number of nitrogens with one attached hydrogen (secondary N) is 6. The molecule has 0 fully saturated rings. The summed E-state index contributed by atoms with van der Waals surface area (Å²) in [6.07, 6.45) is -22.1. The van der Waals surface area contributed by atoms with Crippen molar-refractivity contribution in [2.75, 3.05) is 50.1 Å². The van der Waals surface area contributed by atoms with E-state index in [0.29, 0.717) is 11.5 Å². The van der Waals surface area contributed by atoms with E-state index < -0.39 is 246 Å². The third kappa shape index (κ3) is 26.1. The van der Waals surface area contributed by atoms with Gasteiger partial charge in [-0.15, -0.1) is 0 Å². The fraction of sp³-hybridized carbons (Fsp3) is 0.610. The fourth-order valence-electron chi connectivity index (χ4n) is 9.81. The smallest absolute Gasteiger partial charge is 0.327 e. The van der Waals surface area contributed by atoms with Crippen LogP contribution in [0, 0.1) is 17.8 Å². The van der Waals surface area contributed by atoms with Crippen molar-refractivity contribution in [3.05, 3.63) is 59.7 Å². The molecule has 0 spiro atoms. The molecule has 0 saturated heterocycles. The molecule has 32 heteroatoms. The van der Waals surface area contributed by atoms with Crippen LogP contribution in [0.25, 0.3) is 11.1 Å². The molecule has 0 aliphatic heterocycles. The van der Waals surface area contributed by atoms with Gasteiger partial charge in [0.25, 0.3) is 0 Å². The zero-order chi connectivity index (χ0) is 68.1. The number of amides is 6. The molecule has 14 atom stereocenters. The summed E-state index contributed by atoms with van der Waals surface area (Å²) >= 11 is 5.48. The van der Waals surface area contributed by atoms with Crippen molar-refractivity contribution in [3.8, 4) is 11.1 Å². The molecule has 2 aromatic carbocycles. The van der Waals surface area contributed by atoms with Gasteiger partial charge in [-0.05, 0) is 54.4 Å². The third-order valence-electron chi connectivity index (χ3n) is 15.4. The Morgan fingerprint density at radius 2 is 0.868 bits per heavy atom. The number of carbonyl (C=O) groups excluding carboxylic acids is 8. The Bertz CT molecular complexity index is 2720. The molecular weight excluding hydrogens is 1240 g/mol. The maximum Gasteiger partial charge on any atom is 0.327 e. The van der Waals surface area contributed by atoms with Crippen LogP contribution in [-0.2, 0) is 52.7 Å². The van der Waals surface area contributed by atoms with Crippen molar-refractivity contribution in [2.45, 2.75) is 157 Å². The minimum absolute atomic E-state index is 0.0280. The molecule has 0 radical (unpaired) electrons. The maximum absolute atomic E-state index is 14.5. The molecule has 30 nitrogen and oxygen atoms in total. The van der Waals surface area contributed by atoms with Gasteiger partial charge in [-0.2, -0.15) is 24.4 Å². The summed E-state index contributed by atoms with van der Waals surface area (Å²) in [6.45, 7) is -2.41. The first-order chi connectivity index (χ1) is 43.1. The van der Waals surface area contributed by atoms with Crippen molar-refractivity contribution >= 4 is 89.3 Å². The molecule has 0 saturated carbocycles. The molecule has 0 unspecified atom stereocenters. The van der Waals surface area contributed by atoms with Crippen LogP contribution in [0.15, 0.2) is 48.5 Å². The summed E-state index contributed by atoms with van der Waals surface area (Å²) < 4.78 is 0. The van der Waals surface area contributed by atoms with Crippen molar-refractivity contribution in [1.82, 2.24) is 31.9 Å². The highest BCUT2D eigenvalue weighted by atomic mass is 32.2. The standard InChI is InChI=1S/C59H86N6O24S2/c1-2-30(11-15-47(74)61-24-43(70)52(81)54(83)45(72)26-66)56(85)63-38(13-17-50(77)78)41(68)21-31(12-16-48(75)62-25-44(71)53(82)55(84)46(73)27-67)57(86)64-39(14-18-51(79)80)42(69)22-32(58(87)65-40(28-90)59(88)89)23-60-49(76)19-20-91-29-37-35-9-5-3-7-33(35)34-8-4-6-10-36(34)37/h3-10,30-32,37-40,43-46,52-55,66-67,70-73,81-84,90H,2,11-29H2,1H3,(H,60,76)(H,61,74)(H,62,75)(H,63,85)(H,64,86)(H,65,87)(H,77,78)(H,79,80)(H,88,89)/t30-,31+,32-,38-,39-,40-,43-,44-,45+,46+,52+,53+,54+,55+/m0/s1. The van der Waals surface area contributed by atoms with Crippen LogP contribution >= 0.6 is 24.4 Å². The zero-order valence-corrected chi connectivity index (χ0v) is 51.8. The van der Waals surface area contributed by atoms with Crippen molar-refractivity contribution in [1.29, 1.82) is 0 Å². The van der Waals surface area contributed by atoms with E-state index in [4.69, 9.17) is 10.2 Å². The lowest BCUT2D eigenvalue weighted by atomic mass is 9.89. The molecule has 19 N–H and O–H groups in total. The lowest BCUT2D eigenvalue weighted by molar-refractivity contribution is -0.142. The second kappa shape index (κ2) is 40.3. The van der Waals surface area contributed by atoms with Gasteiger partial charge in [0.2, 0.25) is 35.4 Å². The van der Waals surface area contributed by atoms with E-state index in [0.717, 1.165) is 22.3 Å². The van der Waals surface area contributed by atoms with Gasteiger partial charge < -0.3 is 98.3 Å². The maximum atomic E-state index is 14.5. The Labute approximate surface area is 533 Å². The van der Waals surface area contributed by atoms with Gasteiger partial charge in [0.1, 0.15) is 42.7 Å². The number of aliphatic hydroxyl groups excluding tert-OH is 10. The molecule has 0 aromatic heterocycles. The van der Waals surface area contributed by atoms with Gasteiger partial charge in [-0.1, -0.05) is 55.5 Å². The number of aliphatic hydroxyl groups is 10. The summed E-state index contributed by atoms with van der Waals surface area (Å²) in [4.78, 5) is 146. The Morgan fingerprint density at radius 3 is 1.30 bits per heavy atom. The number of aliphatic carboxylic acids is 3. The summed E-state index contributed by atoms with van der Waals surface area (Å²) in [5.41, 5.74) is 4.50. The van der Waals surface area contributed by atoms with E-state index in [1.54, 1.807) is 0 Å². The number of fused-ring (bicyclic) bond motifs is 3. The molecule has 0 bridgehead atoms. The van der Waals surface area contributed by atoms with Gasteiger partial charge in [-0.25, -0.2) is 4.79 Å². The first-order valence-corrected chi connectivity index (χ1v) is 31.3. The highest BCUT2D eigenvalue weighted by Crippen LogP contribution is 2.45. The van der Waals surface area contributed by atoms with E-state index in [1.807, 2.05) is 48.5 Å². The highest BCUT2D eigenvalue weighted by Gasteiger charge is 2.37. The molecule has 6 amide bonds. The van der Waals surface area contributed by atoms with Gasteiger partial charge in [0.05, 0.1) is 43.4 Å². The van der Waals surface area contributed by atoms with Crippen molar-refractivity contribution in [2.24, 2.45) is 17.8 Å². The van der Waals surface area contributed by atoms with E-state index in [1.165, 1.54) is 18.7 Å². The van der Waals surface area contributed by atoms with E-state index in [9.17, 15) is 109 Å². The minimum atomic E-state index is -2.10. The predicted octanol–water partition coefficient (Wildman–Crippen LogP) is -3.92. The van der Waals surface area contributed by atoms with Crippen LogP contribution in [0.2, 0.25) is 0 Å². The predicted molar refractivity (Wildman–Crippen MR) is 326 cm³/mol. The number of thiol groups is 1. The quantitative estimate of drug-likeness (QED) is 0.0222. The molecule has 2 aromatic rings. The summed E-state index contributed by atoms with van der Waals surface area (Å²) in [6, 6.07) is 10.9. The summed E-state index contributed by atoms with van der Waals surface area (Å²) in [5, 5.41) is 141. The molecule has 1 aliphatic rings. The van der Waals surface area contributed by atoms with Crippen LogP contribution in [0.4, 0.5) is 0 Å². The molecular formula is C59H86N6O24S2. The fourth-order valence-corrected chi connectivity index (χ4v) is 11.2. The number of ketones is 2. The molecule has 1 aliphatic carbocycles. The Balaban J connectivity index is 1.88. The second-order valence-electron chi connectivity index (χ2n) is 22.0. The number of hydrogen-bond donors (Lipinski definition) is 20. The van der Waals surface area contributed by atoms with E-state index in [2.05, 4.69) is 44.5 Å².